The minimum absolute atomic E-state index is 0.465. The fourth-order valence-electron chi connectivity index (χ4n) is 1.69. The van der Waals surface area contributed by atoms with Crippen molar-refractivity contribution in [2.75, 3.05) is 0 Å². The van der Waals surface area contributed by atoms with Gasteiger partial charge in [0, 0.05) is 12.1 Å². The van der Waals surface area contributed by atoms with E-state index in [4.69, 9.17) is 11.6 Å². The third kappa shape index (κ3) is 2.36. The lowest BCUT2D eigenvalue weighted by Gasteiger charge is -2.09. The highest BCUT2D eigenvalue weighted by atomic mass is 35.5. The molecule has 1 aromatic carbocycles. The minimum atomic E-state index is -4.32. The van der Waals surface area contributed by atoms with Gasteiger partial charge in [0.25, 0.3) is 0 Å². The smallest absolute Gasteiger partial charge is 0.315 e. The van der Waals surface area contributed by atoms with Crippen molar-refractivity contribution in [3.05, 3.63) is 41.2 Å². The normalized spacial score (nSPS) is 11.8. The van der Waals surface area contributed by atoms with Gasteiger partial charge in [-0.3, -0.25) is 0 Å². The largest absolute Gasteiger partial charge is 0.416 e. The lowest BCUT2D eigenvalue weighted by Crippen LogP contribution is -2.04. The zero-order valence-corrected chi connectivity index (χ0v) is 10.3. The molecule has 0 atom stereocenters. The highest BCUT2D eigenvalue weighted by Crippen LogP contribution is 2.31. The van der Waals surface area contributed by atoms with Crippen LogP contribution in [-0.2, 0) is 12.7 Å². The van der Waals surface area contributed by atoms with Gasteiger partial charge in [-0.15, -0.1) is 0 Å². The molecule has 96 valence electrons. The number of halogens is 4. The Balaban J connectivity index is 2.40. The van der Waals surface area contributed by atoms with E-state index >= 15 is 0 Å². The number of hydrogen-bond acceptors (Lipinski definition) is 1. The van der Waals surface area contributed by atoms with Crippen molar-refractivity contribution in [2.45, 2.75) is 19.6 Å². The second-order valence-electron chi connectivity index (χ2n) is 3.72. The molecule has 0 aliphatic rings. The first kappa shape index (κ1) is 13.0. The summed E-state index contributed by atoms with van der Waals surface area (Å²) in [5, 5.41) is 0.465. The lowest BCUT2D eigenvalue weighted by atomic mass is 10.1. The zero-order chi connectivity index (χ0) is 13.3. The molecule has 1 heterocycles. The summed E-state index contributed by atoms with van der Waals surface area (Å²) in [6.07, 6.45) is -2.84. The van der Waals surface area contributed by atoms with Crippen molar-refractivity contribution in [2.24, 2.45) is 0 Å². The van der Waals surface area contributed by atoms with Gasteiger partial charge in [-0.25, -0.2) is 4.98 Å². The second kappa shape index (κ2) is 4.65. The Hall–Kier alpha value is -1.49. The molecule has 18 heavy (non-hydrogen) atoms. The molecule has 6 heteroatoms. The number of hydrogen-bond donors (Lipinski definition) is 0. The average Bonchev–Trinajstić information content (AvgIpc) is 2.69. The summed E-state index contributed by atoms with van der Waals surface area (Å²) in [6, 6.07) is 4.87. The Morgan fingerprint density at radius 3 is 2.33 bits per heavy atom. The molecule has 2 rings (SSSR count). The zero-order valence-electron chi connectivity index (χ0n) is 9.50. The van der Waals surface area contributed by atoms with Crippen LogP contribution in [0, 0.1) is 0 Å². The van der Waals surface area contributed by atoms with Crippen LogP contribution in [0.1, 0.15) is 12.5 Å². The number of aromatic nitrogens is 2. The van der Waals surface area contributed by atoms with E-state index < -0.39 is 11.7 Å². The molecule has 0 amide bonds. The van der Waals surface area contributed by atoms with Gasteiger partial charge in [0.1, 0.15) is 11.0 Å². The Morgan fingerprint density at radius 2 is 1.83 bits per heavy atom. The molecule has 0 aliphatic carbocycles. The van der Waals surface area contributed by atoms with Crippen LogP contribution in [-0.4, -0.2) is 9.55 Å². The molecule has 0 N–H and O–H groups in total. The van der Waals surface area contributed by atoms with Crippen LogP contribution in [0.2, 0.25) is 5.15 Å². The first-order chi connectivity index (χ1) is 8.43. The number of rotatable bonds is 2. The average molecular weight is 275 g/mol. The van der Waals surface area contributed by atoms with Gasteiger partial charge >= 0.3 is 6.18 Å². The quantitative estimate of drug-likeness (QED) is 0.801. The van der Waals surface area contributed by atoms with Crippen LogP contribution in [0.4, 0.5) is 13.2 Å². The third-order valence-electron chi connectivity index (χ3n) is 2.59. The van der Waals surface area contributed by atoms with Crippen molar-refractivity contribution in [1.82, 2.24) is 9.55 Å². The van der Waals surface area contributed by atoms with Gasteiger partial charge < -0.3 is 4.57 Å². The third-order valence-corrected chi connectivity index (χ3v) is 2.90. The second-order valence-corrected chi connectivity index (χ2v) is 4.11. The first-order valence-electron chi connectivity index (χ1n) is 5.32. The monoisotopic (exact) mass is 274 g/mol. The summed E-state index contributed by atoms with van der Waals surface area (Å²) < 4.78 is 39.0. The van der Waals surface area contributed by atoms with E-state index in [1.807, 2.05) is 6.92 Å². The van der Waals surface area contributed by atoms with Gasteiger partial charge in [0.2, 0.25) is 0 Å². The highest BCUT2D eigenvalue weighted by molar-refractivity contribution is 6.29. The fourth-order valence-corrected chi connectivity index (χ4v) is 1.94. The molecule has 0 unspecified atom stereocenters. The van der Waals surface area contributed by atoms with Crippen molar-refractivity contribution in [1.29, 1.82) is 0 Å². The van der Waals surface area contributed by atoms with E-state index in [1.165, 1.54) is 18.3 Å². The van der Waals surface area contributed by atoms with Gasteiger partial charge in [-0.2, -0.15) is 13.2 Å². The van der Waals surface area contributed by atoms with Crippen molar-refractivity contribution >= 4 is 11.6 Å². The number of imidazole rings is 1. The van der Waals surface area contributed by atoms with E-state index in [0.29, 0.717) is 23.1 Å². The van der Waals surface area contributed by atoms with Crippen LogP contribution in [0.15, 0.2) is 30.5 Å². The van der Waals surface area contributed by atoms with Crippen molar-refractivity contribution in [3.63, 3.8) is 0 Å². The fraction of sp³-hybridized carbons (Fsp3) is 0.250. The van der Waals surface area contributed by atoms with Crippen LogP contribution in [0.5, 0.6) is 0 Å². The molecule has 2 nitrogen and oxygen atoms in total. The van der Waals surface area contributed by atoms with Gasteiger partial charge in [-0.05, 0) is 19.1 Å². The summed E-state index contributed by atoms with van der Waals surface area (Å²) >= 11 is 5.92. The van der Waals surface area contributed by atoms with Gasteiger partial charge in [-0.1, -0.05) is 23.7 Å². The standard InChI is InChI=1S/C12H10ClF3N2/c1-2-18-10(13)7-17-11(18)8-3-5-9(6-4-8)12(14,15)16/h3-7H,2H2,1H3. The van der Waals surface area contributed by atoms with Gasteiger partial charge in [0.15, 0.2) is 0 Å². The maximum Gasteiger partial charge on any atom is 0.416 e. The van der Waals surface area contributed by atoms with Crippen LogP contribution in [0.3, 0.4) is 0 Å². The predicted octanol–water partition coefficient (Wildman–Crippen LogP) is 4.24. The molecule has 0 spiro atoms. The molecule has 0 fully saturated rings. The summed E-state index contributed by atoms with van der Waals surface area (Å²) in [5.41, 5.74) is -0.0660. The van der Waals surface area contributed by atoms with E-state index in [2.05, 4.69) is 4.98 Å². The number of alkyl halides is 3. The van der Waals surface area contributed by atoms with E-state index in [1.54, 1.807) is 4.57 Å². The van der Waals surface area contributed by atoms with E-state index in [9.17, 15) is 13.2 Å². The highest BCUT2D eigenvalue weighted by Gasteiger charge is 2.30. The molecule has 0 saturated heterocycles. The molecular formula is C12H10ClF3N2. The molecular weight excluding hydrogens is 265 g/mol. The number of benzene rings is 1. The van der Waals surface area contributed by atoms with Crippen molar-refractivity contribution < 1.29 is 13.2 Å². The van der Waals surface area contributed by atoms with Crippen LogP contribution >= 0.6 is 11.6 Å². The Labute approximate surface area is 107 Å². The maximum atomic E-state index is 12.4. The minimum Gasteiger partial charge on any atom is -0.315 e. The Bertz CT molecular complexity index is 543. The first-order valence-corrected chi connectivity index (χ1v) is 5.70. The van der Waals surface area contributed by atoms with Crippen LogP contribution < -0.4 is 0 Å². The molecule has 2 aromatic rings. The lowest BCUT2D eigenvalue weighted by molar-refractivity contribution is -0.137. The van der Waals surface area contributed by atoms with E-state index in [0.717, 1.165) is 12.1 Å². The summed E-state index contributed by atoms with van der Waals surface area (Å²) in [5.74, 6) is 0.566. The molecule has 0 bridgehead atoms. The summed E-state index contributed by atoms with van der Waals surface area (Å²) in [7, 11) is 0. The Morgan fingerprint density at radius 1 is 1.22 bits per heavy atom. The summed E-state index contributed by atoms with van der Waals surface area (Å²) in [6.45, 7) is 2.50. The topological polar surface area (TPSA) is 17.8 Å². The summed E-state index contributed by atoms with van der Waals surface area (Å²) in [4.78, 5) is 4.10. The van der Waals surface area contributed by atoms with Crippen molar-refractivity contribution in [3.8, 4) is 11.4 Å². The maximum absolute atomic E-state index is 12.4. The predicted molar refractivity (Wildman–Crippen MR) is 63.3 cm³/mol. The van der Waals surface area contributed by atoms with E-state index in [-0.39, 0.29) is 0 Å². The molecule has 0 aliphatic heterocycles. The van der Waals surface area contributed by atoms with Gasteiger partial charge in [0.05, 0.1) is 11.8 Å². The molecule has 1 aromatic heterocycles. The molecule has 0 radical (unpaired) electrons. The Kier molecular flexibility index (Phi) is 3.34. The number of nitrogens with zero attached hydrogens (tertiary/aromatic N) is 2. The SMILES string of the molecule is CCn1c(Cl)cnc1-c1ccc(C(F)(F)F)cc1. The van der Waals surface area contributed by atoms with Crippen LogP contribution in [0.25, 0.3) is 11.4 Å². The molecule has 0 saturated carbocycles.